The Morgan fingerprint density at radius 1 is 0.900 bits per heavy atom. The van der Waals surface area contributed by atoms with Crippen LogP contribution in [0.5, 0.6) is 0 Å². The molecule has 1 aromatic heterocycles. The van der Waals surface area contributed by atoms with Crippen LogP contribution in [0.15, 0.2) is 41.1 Å². The van der Waals surface area contributed by atoms with Crippen LogP contribution in [0.25, 0.3) is 11.1 Å². The van der Waals surface area contributed by atoms with Crippen LogP contribution in [0.2, 0.25) is 0 Å². The zero-order valence-corrected chi connectivity index (χ0v) is 13.2. The standard InChI is InChI=1S/C16H19BO2S/c1-15(2)16(3,4)19-17(18-15)14-11-20-10-13(14)12-8-6-5-7-9-12/h5-11H,1-4H3. The van der Waals surface area contributed by atoms with Crippen molar-refractivity contribution in [3.8, 4) is 11.1 Å². The third-order valence-electron chi connectivity index (χ3n) is 4.28. The first kappa shape index (κ1) is 13.9. The molecular formula is C16H19BO2S. The van der Waals surface area contributed by atoms with Crippen molar-refractivity contribution >= 4 is 23.9 Å². The lowest BCUT2D eigenvalue weighted by Crippen LogP contribution is -2.41. The second kappa shape index (κ2) is 4.73. The van der Waals surface area contributed by atoms with E-state index in [0.717, 1.165) is 5.46 Å². The summed E-state index contributed by atoms with van der Waals surface area (Å²) < 4.78 is 12.3. The van der Waals surface area contributed by atoms with Gasteiger partial charge in [0.15, 0.2) is 0 Å². The van der Waals surface area contributed by atoms with Gasteiger partial charge in [0.2, 0.25) is 0 Å². The number of benzene rings is 1. The molecule has 0 unspecified atom stereocenters. The van der Waals surface area contributed by atoms with Gasteiger partial charge in [-0.15, -0.1) is 0 Å². The van der Waals surface area contributed by atoms with Crippen molar-refractivity contribution in [1.82, 2.24) is 0 Å². The lowest BCUT2D eigenvalue weighted by Gasteiger charge is -2.32. The van der Waals surface area contributed by atoms with Crippen LogP contribution in [0.4, 0.5) is 0 Å². The van der Waals surface area contributed by atoms with Gasteiger partial charge in [-0.05, 0) is 49.6 Å². The first-order valence-corrected chi connectivity index (χ1v) is 7.82. The highest BCUT2D eigenvalue weighted by Gasteiger charge is 2.52. The smallest absolute Gasteiger partial charge is 0.399 e. The summed E-state index contributed by atoms with van der Waals surface area (Å²) in [5.41, 5.74) is 2.94. The van der Waals surface area contributed by atoms with Gasteiger partial charge in [0.1, 0.15) is 0 Å². The summed E-state index contributed by atoms with van der Waals surface area (Å²) in [5.74, 6) is 0. The minimum absolute atomic E-state index is 0.290. The van der Waals surface area contributed by atoms with Gasteiger partial charge in [0.25, 0.3) is 0 Å². The van der Waals surface area contributed by atoms with E-state index in [2.05, 4.69) is 62.7 Å². The highest BCUT2D eigenvalue weighted by atomic mass is 32.1. The maximum absolute atomic E-state index is 6.16. The average Bonchev–Trinajstić information content (AvgIpc) is 2.94. The van der Waals surface area contributed by atoms with E-state index >= 15 is 0 Å². The molecule has 1 fully saturated rings. The Morgan fingerprint density at radius 3 is 2.10 bits per heavy atom. The van der Waals surface area contributed by atoms with E-state index in [0.29, 0.717) is 0 Å². The van der Waals surface area contributed by atoms with Crippen molar-refractivity contribution in [2.45, 2.75) is 38.9 Å². The molecule has 104 valence electrons. The molecule has 0 spiro atoms. The number of hydrogen-bond acceptors (Lipinski definition) is 3. The van der Waals surface area contributed by atoms with E-state index in [-0.39, 0.29) is 18.3 Å². The Labute approximate surface area is 124 Å². The normalized spacial score (nSPS) is 20.3. The van der Waals surface area contributed by atoms with Gasteiger partial charge in [0, 0.05) is 5.46 Å². The molecule has 0 bridgehead atoms. The van der Waals surface area contributed by atoms with Gasteiger partial charge < -0.3 is 9.31 Å². The fraction of sp³-hybridized carbons (Fsp3) is 0.375. The number of thiophene rings is 1. The van der Waals surface area contributed by atoms with Gasteiger partial charge in [-0.3, -0.25) is 0 Å². The average molecular weight is 286 g/mol. The van der Waals surface area contributed by atoms with Crippen LogP contribution in [-0.2, 0) is 9.31 Å². The minimum Gasteiger partial charge on any atom is -0.399 e. The summed E-state index contributed by atoms with van der Waals surface area (Å²) in [6.07, 6.45) is 0. The second-order valence-corrected chi connectivity index (χ2v) is 6.94. The van der Waals surface area contributed by atoms with Crippen LogP contribution in [0, 0.1) is 0 Å². The van der Waals surface area contributed by atoms with E-state index in [9.17, 15) is 0 Å². The van der Waals surface area contributed by atoms with Gasteiger partial charge in [0.05, 0.1) is 11.2 Å². The Balaban J connectivity index is 1.96. The van der Waals surface area contributed by atoms with Crippen molar-refractivity contribution in [1.29, 1.82) is 0 Å². The first-order valence-electron chi connectivity index (χ1n) is 6.88. The first-order chi connectivity index (χ1) is 9.41. The fourth-order valence-corrected chi connectivity index (χ4v) is 3.17. The third kappa shape index (κ3) is 2.22. The van der Waals surface area contributed by atoms with Crippen LogP contribution in [0.1, 0.15) is 27.7 Å². The maximum atomic E-state index is 6.16. The fourth-order valence-electron chi connectivity index (χ4n) is 2.31. The largest absolute Gasteiger partial charge is 0.496 e. The predicted octanol–water partition coefficient (Wildman–Crippen LogP) is 3.71. The Kier molecular flexibility index (Phi) is 3.28. The lowest BCUT2D eigenvalue weighted by molar-refractivity contribution is 0.00578. The molecule has 1 aliphatic heterocycles. The Morgan fingerprint density at radius 2 is 1.50 bits per heavy atom. The van der Waals surface area contributed by atoms with E-state index in [4.69, 9.17) is 9.31 Å². The summed E-state index contributed by atoms with van der Waals surface area (Å²) in [6.45, 7) is 8.34. The topological polar surface area (TPSA) is 18.5 Å². The number of rotatable bonds is 2. The molecule has 3 rings (SSSR count). The molecule has 0 N–H and O–H groups in total. The van der Waals surface area contributed by atoms with E-state index < -0.39 is 0 Å². The quantitative estimate of drug-likeness (QED) is 0.783. The van der Waals surface area contributed by atoms with Crippen molar-refractivity contribution in [3.05, 3.63) is 41.1 Å². The van der Waals surface area contributed by atoms with Crippen molar-refractivity contribution in [2.24, 2.45) is 0 Å². The third-order valence-corrected chi connectivity index (χ3v) is 5.05. The zero-order chi connectivity index (χ0) is 14.4. The number of hydrogen-bond donors (Lipinski definition) is 0. The van der Waals surface area contributed by atoms with Crippen LogP contribution in [-0.4, -0.2) is 18.3 Å². The molecule has 0 aliphatic carbocycles. The molecule has 2 nitrogen and oxygen atoms in total. The highest BCUT2D eigenvalue weighted by molar-refractivity contribution is 7.09. The Bertz CT molecular complexity index is 588. The van der Waals surface area contributed by atoms with E-state index in [1.165, 1.54) is 11.1 Å². The van der Waals surface area contributed by atoms with Gasteiger partial charge in [-0.25, -0.2) is 0 Å². The summed E-state index contributed by atoms with van der Waals surface area (Å²) >= 11 is 1.69. The van der Waals surface area contributed by atoms with Crippen molar-refractivity contribution in [3.63, 3.8) is 0 Å². The SMILES string of the molecule is CC1(C)OB(c2cscc2-c2ccccc2)OC1(C)C. The molecular weight excluding hydrogens is 267 g/mol. The lowest BCUT2D eigenvalue weighted by atomic mass is 9.77. The molecule has 2 aromatic rings. The van der Waals surface area contributed by atoms with Gasteiger partial charge in [-0.2, -0.15) is 11.3 Å². The summed E-state index contributed by atoms with van der Waals surface area (Å²) in [5, 5.41) is 4.29. The van der Waals surface area contributed by atoms with Gasteiger partial charge >= 0.3 is 7.12 Å². The molecule has 0 saturated carbocycles. The monoisotopic (exact) mass is 286 g/mol. The van der Waals surface area contributed by atoms with Crippen LogP contribution in [0.3, 0.4) is 0 Å². The molecule has 0 atom stereocenters. The van der Waals surface area contributed by atoms with Crippen molar-refractivity contribution in [2.75, 3.05) is 0 Å². The zero-order valence-electron chi connectivity index (χ0n) is 12.3. The predicted molar refractivity (Wildman–Crippen MR) is 85.5 cm³/mol. The molecule has 1 aromatic carbocycles. The van der Waals surface area contributed by atoms with Crippen molar-refractivity contribution < 1.29 is 9.31 Å². The van der Waals surface area contributed by atoms with E-state index in [1.54, 1.807) is 11.3 Å². The molecule has 2 heterocycles. The molecule has 1 aliphatic rings. The summed E-state index contributed by atoms with van der Waals surface area (Å²) in [4.78, 5) is 0. The maximum Gasteiger partial charge on any atom is 0.496 e. The minimum atomic E-state index is -0.298. The molecule has 20 heavy (non-hydrogen) atoms. The molecule has 0 amide bonds. The second-order valence-electron chi connectivity index (χ2n) is 6.20. The summed E-state index contributed by atoms with van der Waals surface area (Å²) in [7, 11) is -0.290. The van der Waals surface area contributed by atoms with Crippen LogP contribution < -0.4 is 5.46 Å². The molecule has 4 heteroatoms. The highest BCUT2D eigenvalue weighted by Crippen LogP contribution is 2.37. The van der Waals surface area contributed by atoms with Crippen LogP contribution >= 0.6 is 11.3 Å². The molecule has 1 saturated heterocycles. The Hall–Kier alpha value is -1.10. The van der Waals surface area contributed by atoms with E-state index in [1.807, 2.05) is 6.07 Å². The van der Waals surface area contributed by atoms with Gasteiger partial charge in [-0.1, -0.05) is 30.3 Å². The summed E-state index contributed by atoms with van der Waals surface area (Å²) in [6, 6.07) is 10.4. The molecule has 0 radical (unpaired) electrons.